The van der Waals surface area contributed by atoms with Crippen LogP contribution in [0.5, 0.6) is 0 Å². The Morgan fingerprint density at radius 1 is 1.24 bits per heavy atom. The summed E-state index contributed by atoms with van der Waals surface area (Å²) < 4.78 is 5.07. The number of ether oxygens (including phenoxy) is 1. The SMILES string of the molecule is COCCn1nnc(-c2cccc(Nc3ccc(C(=O)NC4=NCCCN4)cc3C3CC3)c2)n1. The van der Waals surface area contributed by atoms with Gasteiger partial charge in [0.05, 0.1) is 13.2 Å². The molecule has 2 aromatic carbocycles. The monoisotopic (exact) mass is 460 g/mol. The van der Waals surface area contributed by atoms with Gasteiger partial charge in [-0.15, -0.1) is 10.2 Å². The van der Waals surface area contributed by atoms with E-state index >= 15 is 0 Å². The van der Waals surface area contributed by atoms with Crippen molar-refractivity contribution in [1.82, 2.24) is 30.8 Å². The molecular weight excluding hydrogens is 432 g/mol. The van der Waals surface area contributed by atoms with Crippen LogP contribution in [0.3, 0.4) is 0 Å². The third-order valence-corrected chi connectivity index (χ3v) is 5.81. The maximum Gasteiger partial charge on any atom is 0.257 e. The zero-order valence-electron chi connectivity index (χ0n) is 19.1. The van der Waals surface area contributed by atoms with Crippen molar-refractivity contribution >= 4 is 23.2 Å². The fourth-order valence-corrected chi connectivity index (χ4v) is 3.86. The molecule has 10 heteroatoms. The van der Waals surface area contributed by atoms with E-state index in [2.05, 4.69) is 36.4 Å². The van der Waals surface area contributed by atoms with Crippen LogP contribution >= 0.6 is 0 Å². The number of guanidine groups is 1. The highest BCUT2D eigenvalue weighted by Gasteiger charge is 2.27. The van der Waals surface area contributed by atoms with Crippen molar-refractivity contribution in [2.24, 2.45) is 4.99 Å². The fraction of sp³-hybridized carbons (Fsp3) is 0.375. The number of tetrazole rings is 1. The summed E-state index contributed by atoms with van der Waals surface area (Å²) in [4.78, 5) is 18.6. The third-order valence-electron chi connectivity index (χ3n) is 5.81. The zero-order chi connectivity index (χ0) is 23.3. The highest BCUT2D eigenvalue weighted by molar-refractivity contribution is 6.06. The summed E-state index contributed by atoms with van der Waals surface area (Å²) in [7, 11) is 1.64. The first-order chi connectivity index (χ1) is 16.7. The molecular formula is C24H28N8O2. The van der Waals surface area contributed by atoms with Gasteiger partial charge < -0.3 is 15.4 Å². The van der Waals surface area contributed by atoms with Gasteiger partial charge in [0.1, 0.15) is 0 Å². The lowest BCUT2D eigenvalue weighted by Gasteiger charge is -2.16. The van der Waals surface area contributed by atoms with Crippen LogP contribution in [0.15, 0.2) is 47.5 Å². The molecule has 2 aliphatic rings. The Kier molecular flexibility index (Phi) is 6.48. The highest BCUT2D eigenvalue weighted by Crippen LogP contribution is 2.44. The molecule has 2 heterocycles. The number of benzene rings is 2. The number of nitrogens with zero attached hydrogens (tertiary/aromatic N) is 5. The van der Waals surface area contributed by atoms with E-state index in [-0.39, 0.29) is 5.91 Å². The first kappa shape index (κ1) is 22.0. The minimum Gasteiger partial charge on any atom is -0.383 e. The van der Waals surface area contributed by atoms with Crippen LogP contribution in [0, 0.1) is 0 Å². The van der Waals surface area contributed by atoms with Crippen molar-refractivity contribution in [2.75, 3.05) is 32.1 Å². The minimum atomic E-state index is -0.147. The Labute approximate surface area is 197 Å². The molecule has 10 nitrogen and oxygen atoms in total. The lowest BCUT2D eigenvalue weighted by molar-refractivity contribution is 0.0975. The molecule has 0 radical (unpaired) electrons. The second kappa shape index (κ2) is 10.0. The van der Waals surface area contributed by atoms with Gasteiger partial charge in [-0.25, -0.2) is 0 Å². The van der Waals surface area contributed by atoms with Gasteiger partial charge in [-0.05, 0) is 66.3 Å². The van der Waals surface area contributed by atoms with Crippen molar-refractivity contribution in [3.05, 3.63) is 53.6 Å². The summed E-state index contributed by atoms with van der Waals surface area (Å²) in [6, 6.07) is 13.7. The van der Waals surface area contributed by atoms with Crippen LogP contribution in [0.25, 0.3) is 11.4 Å². The number of anilines is 2. The number of aromatic nitrogens is 4. The zero-order valence-corrected chi connectivity index (χ0v) is 19.1. The topological polar surface area (TPSA) is 118 Å². The summed E-state index contributed by atoms with van der Waals surface area (Å²) in [6.07, 6.45) is 3.24. The average Bonchev–Trinajstić information content (AvgIpc) is 3.60. The normalized spacial score (nSPS) is 15.4. The lowest BCUT2D eigenvalue weighted by atomic mass is 10.0. The van der Waals surface area contributed by atoms with E-state index in [4.69, 9.17) is 4.74 Å². The molecule has 1 saturated carbocycles. The van der Waals surface area contributed by atoms with Crippen molar-refractivity contribution in [3.63, 3.8) is 0 Å². The number of aliphatic imine (C=N–C) groups is 1. The number of carbonyl (C=O) groups excluding carboxylic acids is 1. The molecule has 1 aromatic heterocycles. The number of nitrogens with one attached hydrogen (secondary N) is 3. The molecule has 0 unspecified atom stereocenters. The third kappa shape index (κ3) is 5.23. The summed E-state index contributed by atoms with van der Waals surface area (Å²) in [5.74, 6) is 1.43. The quantitative estimate of drug-likeness (QED) is 0.473. The van der Waals surface area contributed by atoms with Gasteiger partial charge in [0, 0.05) is 42.7 Å². The smallest absolute Gasteiger partial charge is 0.257 e. The Bertz CT molecular complexity index is 1200. The summed E-state index contributed by atoms with van der Waals surface area (Å²) in [5.41, 5.74) is 4.58. The van der Waals surface area contributed by atoms with E-state index in [1.54, 1.807) is 7.11 Å². The Hall–Kier alpha value is -3.79. The van der Waals surface area contributed by atoms with Gasteiger partial charge in [-0.2, -0.15) is 4.80 Å². The lowest BCUT2D eigenvalue weighted by Crippen LogP contribution is -2.43. The van der Waals surface area contributed by atoms with Crippen molar-refractivity contribution in [3.8, 4) is 11.4 Å². The Balaban J connectivity index is 1.33. The second-order valence-electron chi connectivity index (χ2n) is 8.45. The van der Waals surface area contributed by atoms with Gasteiger partial charge in [0.15, 0.2) is 5.96 Å². The average molecular weight is 461 g/mol. The molecule has 0 saturated heterocycles. The summed E-state index contributed by atoms with van der Waals surface area (Å²) in [6.45, 7) is 2.64. The maximum absolute atomic E-state index is 12.8. The van der Waals surface area contributed by atoms with E-state index in [0.717, 1.165) is 54.9 Å². The molecule has 0 spiro atoms. The van der Waals surface area contributed by atoms with Gasteiger partial charge in [0.2, 0.25) is 5.82 Å². The van der Waals surface area contributed by atoms with Gasteiger partial charge in [0.25, 0.3) is 5.91 Å². The van der Waals surface area contributed by atoms with Crippen LogP contribution in [0.4, 0.5) is 11.4 Å². The number of methoxy groups -OCH3 is 1. The van der Waals surface area contributed by atoms with Crippen LogP contribution < -0.4 is 16.0 Å². The molecule has 3 N–H and O–H groups in total. The minimum absolute atomic E-state index is 0.147. The number of amides is 1. The van der Waals surface area contributed by atoms with Gasteiger partial charge >= 0.3 is 0 Å². The van der Waals surface area contributed by atoms with E-state index in [0.29, 0.717) is 36.4 Å². The predicted molar refractivity (Wildman–Crippen MR) is 129 cm³/mol. The molecule has 0 bridgehead atoms. The number of hydrogen-bond acceptors (Lipinski definition) is 8. The van der Waals surface area contributed by atoms with Gasteiger partial charge in [-0.3, -0.25) is 15.1 Å². The van der Waals surface area contributed by atoms with Crippen molar-refractivity contribution in [2.45, 2.75) is 31.7 Å². The first-order valence-corrected chi connectivity index (χ1v) is 11.6. The van der Waals surface area contributed by atoms with Crippen LogP contribution in [-0.4, -0.2) is 58.9 Å². The predicted octanol–water partition coefficient (Wildman–Crippen LogP) is 2.69. The standard InChI is InChI=1S/C24H28N8O2/c1-34-13-12-32-30-22(29-31-32)17-4-2-5-19(14-17)27-21-9-8-18(15-20(21)16-6-7-16)23(33)28-24-25-10-3-11-26-24/h2,4-5,8-9,14-16,27H,3,6-7,10-13H2,1H3,(H2,25,26,28,33). The molecule has 0 atom stereocenters. The molecule has 1 fully saturated rings. The fourth-order valence-electron chi connectivity index (χ4n) is 3.86. The van der Waals surface area contributed by atoms with E-state index in [9.17, 15) is 4.79 Å². The molecule has 1 aliphatic carbocycles. The highest BCUT2D eigenvalue weighted by atomic mass is 16.5. The first-order valence-electron chi connectivity index (χ1n) is 11.6. The summed E-state index contributed by atoms with van der Waals surface area (Å²) >= 11 is 0. The molecule has 1 aliphatic heterocycles. The Morgan fingerprint density at radius 3 is 2.94 bits per heavy atom. The largest absolute Gasteiger partial charge is 0.383 e. The molecule has 34 heavy (non-hydrogen) atoms. The van der Waals surface area contributed by atoms with Crippen LogP contribution in [0.1, 0.15) is 41.1 Å². The molecule has 3 aromatic rings. The van der Waals surface area contributed by atoms with Crippen molar-refractivity contribution < 1.29 is 9.53 Å². The number of hydrogen-bond donors (Lipinski definition) is 3. The second-order valence-corrected chi connectivity index (χ2v) is 8.45. The van der Waals surface area contributed by atoms with Gasteiger partial charge in [-0.1, -0.05) is 12.1 Å². The van der Waals surface area contributed by atoms with E-state index in [1.807, 2.05) is 42.5 Å². The maximum atomic E-state index is 12.8. The molecule has 176 valence electrons. The molecule has 5 rings (SSSR count). The summed E-state index contributed by atoms with van der Waals surface area (Å²) in [5, 5.41) is 22.2. The van der Waals surface area contributed by atoms with E-state index < -0.39 is 0 Å². The Morgan fingerprint density at radius 2 is 2.15 bits per heavy atom. The van der Waals surface area contributed by atoms with Crippen LogP contribution in [0.2, 0.25) is 0 Å². The molecule has 1 amide bonds. The number of carbonyl (C=O) groups is 1. The number of rotatable bonds is 8. The van der Waals surface area contributed by atoms with E-state index in [1.165, 1.54) is 4.80 Å². The van der Waals surface area contributed by atoms with Crippen LogP contribution in [-0.2, 0) is 11.3 Å². The van der Waals surface area contributed by atoms with Crippen molar-refractivity contribution in [1.29, 1.82) is 0 Å².